The third kappa shape index (κ3) is 3.14. The minimum absolute atomic E-state index is 0.333. The van der Waals surface area contributed by atoms with Gasteiger partial charge in [0.1, 0.15) is 5.82 Å². The summed E-state index contributed by atoms with van der Waals surface area (Å²) in [5.41, 5.74) is 7.79. The first-order valence-corrected chi connectivity index (χ1v) is 9.80. The maximum Gasteiger partial charge on any atom is 0.134 e. The third-order valence-corrected chi connectivity index (χ3v) is 5.61. The normalized spacial score (nSPS) is 11.3. The molecular weight excluding hydrogens is 383 g/mol. The Bertz CT molecular complexity index is 1310. The van der Waals surface area contributed by atoms with Crippen LogP contribution in [-0.2, 0) is 0 Å². The van der Waals surface area contributed by atoms with Crippen molar-refractivity contribution >= 4 is 22.5 Å². The number of H-pyrrole nitrogens is 2. The molecule has 0 fully saturated rings. The number of aromatic nitrogens is 2. The van der Waals surface area contributed by atoms with E-state index >= 15 is 0 Å². The highest BCUT2D eigenvalue weighted by Crippen LogP contribution is 2.34. The Morgan fingerprint density at radius 2 is 1.69 bits per heavy atom. The van der Waals surface area contributed by atoms with Crippen LogP contribution in [0.4, 0.5) is 4.39 Å². The Hall–Kier alpha value is -3.30. The van der Waals surface area contributed by atoms with E-state index in [4.69, 9.17) is 11.6 Å². The average molecular weight is 401 g/mol. The van der Waals surface area contributed by atoms with E-state index in [1.807, 2.05) is 24.4 Å². The second-order valence-corrected chi connectivity index (χ2v) is 7.60. The van der Waals surface area contributed by atoms with Gasteiger partial charge in [-0.3, -0.25) is 0 Å². The summed E-state index contributed by atoms with van der Waals surface area (Å²) in [4.78, 5) is 6.53. The molecule has 5 rings (SSSR count). The van der Waals surface area contributed by atoms with Gasteiger partial charge in [-0.25, -0.2) is 4.39 Å². The van der Waals surface area contributed by atoms with Crippen molar-refractivity contribution in [1.29, 1.82) is 0 Å². The second kappa shape index (κ2) is 6.94. The number of fused-ring (bicyclic) bond motifs is 1. The predicted octanol–water partition coefficient (Wildman–Crippen LogP) is 7.60. The number of aryl methyl sites for hydroxylation is 1. The highest BCUT2D eigenvalue weighted by molar-refractivity contribution is 6.33. The van der Waals surface area contributed by atoms with E-state index in [9.17, 15) is 4.39 Å². The van der Waals surface area contributed by atoms with Gasteiger partial charge in [-0.15, -0.1) is 0 Å². The van der Waals surface area contributed by atoms with E-state index in [1.165, 1.54) is 17.2 Å². The van der Waals surface area contributed by atoms with Crippen LogP contribution in [0.1, 0.15) is 5.56 Å². The zero-order chi connectivity index (χ0) is 20.0. The smallest absolute Gasteiger partial charge is 0.134 e. The highest BCUT2D eigenvalue weighted by atomic mass is 35.5. The van der Waals surface area contributed by atoms with Gasteiger partial charge in [-0.1, -0.05) is 35.9 Å². The number of nitrogens with one attached hydrogen (secondary N) is 2. The van der Waals surface area contributed by atoms with Gasteiger partial charge in [-0.05, 0) is 77.7 Å². The third-order valence-electron chi connectivity index (χ3n) is 5.30. The van der Waals surface area contributed by atoms with Crippen LogP contribution in [0.15, 0.2) is 79.0 Å². The number of aromatic amines is 2. The summed E-state index contributed by atoms with van der Waals surface area (Å²) in [6.45, 7) is 2.12. The minimum atomic E-state index is -0.333. The van der Waals surface area contributed by atoms with Crippen LogP contribution < -0.4 is 0 Å². The fraction of sp³-hybridized carbons (Fsp3) is 0.0400. The zero-order valence-electron chi connectivity index (χ0n) is 15.8. The van der Waals surface area contributed by atoms with Crippen LogP contribution in [0.2, 0.25) is 5.02 Å². The molecule has 0 atom stereocenters. The summed E-state index contributed by atoms with van der Waals surface area (Å²) >= 11 is 6.23. The second-order valence-electron chi connectivity index (χ2n) is 7.20. The maximum atomic E-state index is 14.3. The van der Waals surface area contributed by atoms with Crippen molar-refractivity contribution in [2.75, 3.05) is 0 Å². The zero-order valence-corrected chi connectivity index (χ0v) is 16.5. The number of hydrogen-bond acceptors (Lipinski definition) is 0. The van der Waals surface area contributed by atoms with Gasteiger partial charge >= 0.3 is 0 Å². The van der Waals surface area contributed by atoms with Gasteiger partial charge in [-0.2, -0.15) is 0 Å². The van der Waals surface area contributed by atoms with Crippen molar-refractivity contribution in [2.24, 2.45) is 0 Å². The quantitative estimate of drug-likeness (QED) is 0.312. The molecule has 0 unspecified atom stereocenters. The van der Waals surface area contributed by atoms with E-state index < -0.39 is 0 Å². The summed E-state index contributed by atoms with van der Waals surface area (Å²) in [7, 11) is 0. The fourth-order valence-corrected chi connectivity index (χ4v) is 4.12. The summed E-state index contributed by atoms with van der Waals surface area (Å²) in [5, 5.41) is 1.41. The molecule has 4 heteroatoms. The molecule has 3 aromatic carbocycles. The summed E-state index contributed by atoms with van der Waals surface area (Å²) < 4.78 is 14.3. The van der Waals surface area contributed by atoms with E-state index in [0.717, 1.165) is 27.7 Å². The summed E-state index contributed by atoms with van der Waals surface area (Å²) in [6.07, 6.45) is 1.93. The predicted molar refractivity (Wildman–Crippen MR) is 119 cm³/mol. The molecule has 0 saturated carbocycles. The molecule has 2 aromatic heterocycles. The molecule has 0 aliphatic heterocycles. The van der Waals surface area contributed by atoms with Crippen LogP contribution in [0.5, 0.6) is 0 Å². The van der Waals surface area contributed by atoms with Crippen molar-refractivity contribution in [2.45, 2.75) is 6.92 Å². The standard InChI is InChI=1S/C25H18ClFN2/c1-15-12-17(22-6-3-11-28-22)7-9-19(15)16-8-10-23-18(13-16)14-24(29-23)25-20(26)4-2-5-21(25)27/h2-14,28-29H,1H3. The molecule has 0 aliphatic carbocycles. The Balaban J connectivity index is 1.57. The van der Waals surface area contributed by atoms with Gasteiger partial charge in [0.25, 0.3) is 0 Å². The molecule has 2 nitrogen and oxygen atoms in total. The van der Waals surface area contributed by atoms with Crippen molar-refractivity contribution in [3.05, 3.63) is 95.4 Å². The molecule has 0 saturated heterocycles. The van der Waals surface area contributed by atoms with Gasteiger partial charge in [0, 0.05) is 22.8 Å². The van der Waals surface area contributed by atoms with Crippen molar-refractivity contribution < 1.29 is 4.39 Å². The Kier molecular flexibility index (Phi) is 4.26. The van der Waals surface area contributed by atoms with Gasteiger partial charge in [0.05, 0.1) is 16.3 Å². The highest BCUT2D eigenvalue weighted by Gasteiger charge is 2.13. The monoisotopic (exact) mass is 400 g/mol. The maximum absolute atomic E-state index is 14.3. The van der Waals surface area contributed by atoms with E-state index in [-0.39, 0.29) is 5.82 Å². The minimum Gasteiger partial charge on any atom is -0.361 e. The van der Waals surface area contributed by atoms with Crippen LogP contribution in [0.3, 0.4) is 0 Å². The molecule has 5 aromatic rings. The lowest BCUT2D eigenvalue weighted by atomic mass is 9.96. The van der Waals surface area contributed by atoms with Gasteiger partial charge < -0.3 is 9.97 Å². The Morgan fingerprint density at radius 3 is 2.45 bits per heavy atom. The van der Waals surface area contributed by atoms with E-state index in [2.05, 4.69) is 53.3 Å². The number of hydrogen-bond donors (Lipinski definition) is 2. The molecule has 2 N–H and O–H groups in total. The first-order valence-electron chi connectivity index (χ1n) is 9.42. The van der Waals surface area contributed by atoms with Gasteiger partial charge in [0.2, 0.25) is 0 Å². The lowest BCUT2D eigenvalue weighted by molar-refractivity contribution is 0.631. The first-order chi connectivity index (χ1) is 14.1. The van der Waals surface area contributed by atoms with E-state index in [0.29, 0.717) is 16.3 Å². The number of halogens is 2. The molecule has 0 amide bonds. The molecule has 0 radical (unpaired) electrons. The van der Waals surface area contributed by atoms with Crippen LogP contribution in [0.25, 0.3) is 44.5 Å². The van der Waals surface area contributed by atoms with Crippen LogP contribution >= 0.6 is 11.6 Å². The molecule has 0 aliphatic rings. The topological polar surface area (TPSA) is 31.6 Å². The Morgan fingerprint density at radius 1 is 0.828 bits per heavy atom. The van der Waals surface area contributed by atoms with Crippen molar-refractivity contribution in [3.8, 4) is 33.6 Å². The van der Waals surface area contributed by atoms with E-state index in [1.54, 1.807) is 12.1 Å². The van der Waals surface area contributed by atoms with Crippen molar-refractivity contribution in [3.63, 3.8) is 0 Å². The molecular formula is C25H18ClFN2. The largest absolute Gasteiger partial charge is 0.361 e. The van der Waals surface area contributed by atoms with Gasteiger partial charge in [0.15, 0.2) is 0 Å². The lowest BCUT2D eigenvalue weighted by Gasteiger charge is -2.09. The number of benzene rings is 3. The SMILES string of the molecule is Cc1cc(-c2ccc[nH]2)ccc1-c1ccc2[nH]c(-c3c(F)cccc3Cl)cc2c1. The molecule has 142 valence electrons. The van der Waals surface area contributed by atoms with Crippen LogP contribution in [0, 0.1) is 12.7 Å². The fourth-order valence-electron chi connectivity index (χ4n) is 3.85. The molecule has 29 heavy (non-hydrogen) atoms. The van der Waals surface area contributed by atoms with Crippen molar-refractivity contribution in [1.82, 2.24) is 9.97 Å². The summed E-state index contributed by atoms with van der Waals surface area (Å²) in [5.74, 6) is -0.333. The average Bonchev–Trinajstić information content (AvgIpc) is 3.37. The lowest BCUT2D eigenvalue weighted by Crippen LogP contribution is -1.86. The molecule has 0 spiro atoms. The number of rotatable bonds is 3. The Labute approximate surface area is 173 Å². The molecule has 2 heterocycles. The molecule has 0 bridgehead atoms. The summed E-state index contributed by atoms with van der Waals surface area (Å²) in [6, 6.07) is 23.4. The van der Waals surface area contributed by atoms with Crippen LogP contribution in [-0.4, -0.2) is 9.97 Å². The first kappa shape index (κ1) is 17.8.